The number of rotatable bonds is 3. The van der Waals surface area contributed by atoms with Gasteiger partial charge in [0.05, 0.1) is 11.7 Å². The van der Waals surface area contributed by atoms with Crippen LogP contribution in [0.15, 0.2) is 4.60 Å². The predicted molar refractivity (Wildman–Crippen MR) is 65.3 cm³/mol. The van der Waals surface area contributed by atoms with Crippen molar-refractivity contribution in [2.45, 2.75) is 32.2 Å². The van der Waals surface area contributed by atoms with E-state index >= 15 is 0 Å². The third-order valence-corrected chi connectivity index (χ3v) is 4.22. The van der Waals surface area contributed by atoms with E-state index in [1.165, 1.54) is 19.3 Å². The molecule has 1 aliphatic rings. The molecule has 0 aromatic carbocycles. The maximum atomic E-state index is 5.70. The number of hydrogen-bond donors (Lipinski definition) is 2. The lowest BCUT2D eigenvalue weighted by atomic mass is 9.89. The Morgan fingerprint density at radius 2 is 2.31 bits per heavy atom. The van der Waals surface area contributed by atoms with Crippen molar-refractivity contribution in [2.24, 2.45) is 24.7 Å². The molecular formula is C10H18BrN5. The lowest BCUT2D eigenvalue weighted by Crippen LogP contribution is -2.36. The highest BCUT2D eigenvalue weighted by Crippen LogP contribution is 2.40. The number of hydrazine groups is 1. The van der Waals surface area contributed by atoms with Crippen LogP contribution in [0.3, 0.4) is 0 Å². The Morgan fingerprint density at radius 1 is 1.56 bits per heavy atom. The maximum Gasteiger partial charge on any atom is 0.153 e. The lowest BCUT2D eigenvalue weighted by Gasteiger charge is -2.26. The first-order valence-electron chi connectivity index (χ1n) is 5.66. The average molecular weight is 288 g/mol. The molecule has 0 spiro atoms. The van der Waals surface area contributed by atoms with E-state index in [9.17, 15) is 0 Å². The van der Waals surface area contributed by atoms with Crippen LogP contribution in [0.2, 0.25) is 0 Å². The zero-order valence-corrected chi connectivity index (χ0v) is 11.2. The Hall–Kier alpha value is -0.460. The molecular weight excluding hydrogens is 270 g/mol. The number of nitrogens with zero attached hydrogens (tertiary/aromatic N) is 3. The smallest absolute Gasteiger partial charge is 0.153 e. The molecule has 0 saturated heterocycles. The van der Waals surface area contributed by atoms with Crippen molar-refractivity contribution in [1.29, 1.82) is 0 Å². The summed E-state index contributed by atoms with van der Waals surface area (Å²) in [5, 5.41) is 8.02. The molecule has 90 valence electrons. The first-order chi connectivity index (χ1) is 7.65. The van der Waals surface area contributed by atoms with Gasteiger partial charge in [-0.05, 0) is 34.2 Å². The largest absolute Gasteiger partial charge is 0.271 e. The molecule has 1 fully saturated rings. The number of nitrogens with one attached hydrogen (secondary N) is 1. The van der Waals surface area contributed by atoms with Crippen molar-refractivity contribution < 1.29 is 0 Å². The monoisotopic (exact) mass is 287 g/mol. The van der Waals surface area contributed by atoms with E-state index in [1.54, 1.807) is 4.68 Å². The van der Waals surface area contributed by atoms with Crippen LogP contribution in [0, 0.1) is 11.8 Å². The molecule has 0 bridgehead atoms. The van der Waals surface area contributed by atoms with Gasteiger partial charge in [0.15, 0.2) is 4.60 Å². The van der Waals surface area contributed by atoms with Crippen LogP contribution in [0.4, 0.5) is 0 Å². The first kappa shape index (κ1) is 12.0. The summed E-state index contributed by atoms with van der Waals surface area (Å²) in [4.78, 5) is 0. The molecule has 2 rings (SSSR count). The van der Waals surface area contributed by atoms with E-state index in [0.29, 0.717) is 11.8 Å². The normalized spacial score (nSPS) is 27.2. The summed E-state index contributed by atoms with van der Waals surface area (Å²) in [6.07, 6.45) is 3.78. The molecule has 1 saturated carbocycles. The van der Waals surface area contributed by atoms with Crippen LogP contribution in [0.1, 0.15) is 37.9 Å². The summed E-state index contributed by atoms with van der Waals surface area (Å²) in [5.74, 6) is 6.97. The van der Waals surface area contributed by atoms with Gasteiger partial charge in [-0.2, -0.15) is 0 Å². The van der Waals surface area contributed by atoms with Gasteiger partial charge >= 0.3 is 0 Å². The molecule has 1 heterocycles. The number of hydrogen-bond acceptors (Lipinski definition) is 4. The maximum absolute atomic E-state index is 5.70. The number of aromatic nitrogens is 3. The van der Waals surface area contributed by atoms with E-state index in [-0.39, 0.29) is 6.04 Å². The van der Waals surface area contributed by atoms with Crippen LogP contribution >= 0.6 is 15.9 Å². The average Bonchev–Trinajstić information content (AvgIpc) is 2.80. The quantitative estimate of drug-likeness (QED) is 0.653. The molecule has 1 aromatic rings. The van der Waals surface area contributed by atoms with E-state index < -0.39 is 0 Å². The summed E-state index contributed by atoms with van der Waals surface area (Å²) in [5.41, 5.74) is 3.97. The minimum absolute atomic E-state index is 0.131. The molecule has 0 aliphatic heterocycles. The lowest BCUT2D eigenvalue weighted by molar-refractivity contribution is 0.292. The van der Waals surface area contributed by atoms with Crippen molar-refractivity contribution in [3.63, 3.8) is 0 Å². The Bertz CT molecular complexity index is 345. The van der Waals surface area contributed by atoms with E-state index in [2.05, 4.69) is 38.6 Å². The van der Waals surface area contributed by atoms with Crippen LogP contribution in [0.5, 0.6) is 0 Å². The van der Waals surface area contributed by atoms with Crippen LogP contribution in [-0.2, 0) is 7.05 Å². The standard InChI is InChI=1S/C10H18BrN5/c1-6-4-3-5-7(6)8(13-12)9-10(11)14-15-16(9)2/h6-8,13H,3-5,12H2,1-2H3. The van der Waals surface area contributed by atoms with Crippen molar-refractivity contribution in [3.8, 4) is 0 Å². The Balaban J connectivity index is 2.28. The zero-order chi connectivity index (χ0) is 11.7. The molecule has 1 aliphatic carbocycles. The highest BCUT2D eigenvalue weighted by molar-refractivity contribution is 9.10. The van der Waals surface area contributed by atoms with Crippen LogP contribution in [0.25, 0.3) is 0 Å². The molecule has 3 atom stereocenters. The minimum atomic E-state index is 0.131. The second-order valence-corrected chi connectivity index (χ2v) is 5.36. The fourth-order valence-electron chi connectivity index (χ4n) is 2.74. The summed E-state index contributed by atoms with van der Waals surface area (Å²) in [7, 11) is 1.90. The van der Waals surface area contributed by atoms with Gasteiger partial charge < -0.3 is 0 Å². The van der Waals surface area contributed by atoms with Gasteiger partial charge in [0, 0.05) is 7.05 Å². The molecule has 0 amide bonds. The SMILES string of the molecule is CC1CCCC1C(NN)c1c(Br)nnn1C. The fraction of sp³-hybridized carbons (Fsp3) is 0.800. The molecule has 5 nitrogen and oxygen atoms in total. The minimum Gasteiger partial charge on any atom is -0.271 e. The molecule has 3 unspecified atom stereocenters. The van der Waals surface area contributed by atoms with Gasteiger partial charge in [0.25, 0.3) is 0 Å². The molecule has 0 radical (unpaired) electrons. The van der Waals surface area contributed by atoms with E-state index in [0.717, 1.165) is 10.3 Å². The van der Waals surface area contributed by atoms with Gasteiger partial charge in [-0.25, -0.2) is 4.68 Å². The van der Waals surface area contributed by atoms with Gasteiger partial charge in [-0.15, -0.1) is 5.10 Å². The van der Waals surface area contributed by atoms with Crippen molar-refractivity contribution in [3.05, 3.63) is 10.3 Å². The number of nitrogens with two attached hydrogens (primary N) is 1. The molecule has 3 N–H and O–H groups in total. The van der Waals surface area contributed by atoms with Gasteiger partial charge in [-0.3, -0.25) is 11.3 Å². The summed E-state index contributed by atoms with van der Waals surface area (Å²) >= 11 is 3.44. The van der Waals surface area contributed by atoms with Crippen molar-refractivity contribution >= 4 is 15.9 Å². The Kier molecular flexibility index (Phi) is 3.61. The predicted octanol–water partition coefficient (Wildman–Crippen LogP) is 1.52. The number of halogens is 1. The van der Waals surface area contributed by atoms with Crippen LogP contribution in [-0.4, -0.2) is 15.0 Å². The summed E-state index contributed by atoms with van der Waals surface area (Å²) in [6.45, 7) is 2.29. The first-order valence-corrected chi connectivity index (χ1v) is 6.45. The van der Waals surface area contributed by atoms with Gasteiger partial charge in [0.1, 0.15) is 0 Å². The summed E-state index contributed by atoms with van der Waals surface area (Å²) < 4.78 is 2.58. The zero-order valence-electron chi connectivity index (χ0n) is 9.65. The fourth-order valence-corrected chi connectivity index (χ4v) is 3.32. The molecule has 1 aromatic heterocycles. The second kappa shape index (κ2) is 4.81. The van der Waals surface area contributed by atoms with E-state index in [1.807, 2.05) is 7.05 Å². The van der Waals surface area contributed by atoms with Crippen molar-refractivity contribution in [1.82, 2.24) is 20.4 Å². The Labute approximate surface area is 104 Å². The number of aryl methyl sites for hydroxylation is 1. The van der Waals surface area contributed by atoms with E-state index in [4.69, 9.17) is 5.84 Å². The highest BCUT2D eigenvalue weighted by Gasteiger charge is 2.34. The Morgan fingerprint density at radius 3 is 2.75 bits per heavy atom. The summed E-state index contributed by atoms with van der Waals surface area (Å²) in [6, 6.07) is 0.131. The third kappa shape index (κ3) is 2.01. The third-order valence-electron chi connectivity index (χ3n) is 3.66. The second-order valence-electron chi connectivity index (χ2n) is 4.61. The topological polar surface area (TPSA) is 68.8 Å². The van der Waals surface area contributed by atoms with Crippen molar-refractivity contribution in [2.75, 3.05) is 0 Å². The van der Waals surface area contributed by atoms with Crippen LogP contribution < -0.4 is 11.3 Å². The molecule has 6 heteroatoms. The van der Waals surface area contributed by atoms with Gasteiger partial charge in [0.2, 0.25) is 0 Å². The van der Waals surface area contributed by atoms with Gasteiger partial charge in [-0.1, -0.05) is 25.0 Å². The highest BCUT2D eigenvalue weighted by atomic mass is 79.9. The molecule has 16 heavy (non-hydrogen) atoms.